The second-order valence-corrected chi connectivity index (χ2v) is 6.14. The molecule has 1 aromatic heterocycles. The summed E-state index contributed by atoms with van der Waals surface area (Å²) in [5.41, 5.74) is 0. The lowest BCUT2D eigenvalue weighted by Crippen LogP contribution is -2.33. The Morgan fingerprint density at radius 2 is 2.10 bits per heavy atom. The first-order chi connectivity index (χ1) is 9.79. The average Bonchev–Trinajstić information content (AvgIpc) is 2.96. The highest BCUT2D eigenvalue weighted by Gasteiger charge is 2.12. The lowest BCUT2D eigenvalue weighted by atomic mass is 10.2. The summed E-state index contributed by atoms with van der Waals surface area (Å²) in [4.78, 5) is 1.14. The molecule has 0 saturated carbocycles. The molecule has 0 fully saturated rings. The van der Waals surface area contributed by atoms with Gasteiger partial charge in [0.2, 0.25) is 0 Å². The van der Waals surface area contributed by atoms with E-state index >= 15 is 0 Å². The normalized spacial score (nSPS) is 12.5. The number of hydrogen-bond donors (Lipinski definition) is 1. The lowest BCUT2D eigenvalue weighted by Gasteiger charge is -2.17. The summed E-state index contributed by atoms with van der Waals surface area (Å²) in [6.07, 6.45) is 3.77. The second-order valence-electron chi connectivity index (χ2n) is 4.68. The van der Waals surface area contributed by atoms with Crippen molar-refractivity contribution in [2.45, 2.75) is 30.7 Å². The molecule has 2 aromatic rings. The first-order valence-corrected chi connectivity index (χ1v) is 8.29. The standard InChI is InChI=1S/C16H20ClNOS/c1-2-9-18-13(11-14-6-5-10-19-14)12-20-16-8-4-3-7-15(16)17/h3-8,10,13,18H,2,9,11-12H2,1H3. The number of halogens is 1. The molecule has 0 bridgehead atoms. The molecular formula is C16H20ClNOS. The van der Waals surface area contributed by atoms with E-state index in [-0.39, 0.29) is 0 Å². The van der Waals surface area contributed by atoms with Crippen molar-refractivity contribution in [3.8, 4) is 0 Å². The molecule has 20 heavy (non-hydrogen) atoms. The maximum Gasteiger partial charge on any atom is 0.105 e. The number of benzene rings is 1. The van der Waals surface area contributed by atoms with E-state index in [0.29, 0.717) is 6.04 Å². The Kier molecular flexibility index (Phi) is 6.51. The molecule has 1 aromatic carbocycles. The van der Waals surface area contributed by atoms with Crippen LogP contribution < -0.4 is 5.32 Å². The van der Waals surface area contributed by atoms with Crippen molar-refractivity contribution < 1.29 is 4.42 Å². The van der Waals surface area contributed by atoms with Crippen molar-refractivity contribution in [1.29, 1.82) is 0 Å². The van der Waals surface area contributed by atoms with Crippen molar-refractivity contribution in [2.75, 3.05) is 12.3 Å². The molecule has 2 nitrogen and oxygen atoms in total. The summed E-state index contributed by atoms with van der Waals surface area (Å²) in [6, 6.07) is 12.3. The van der Waals surface area contributed by atoms with Crippen LogP contribution in [0, 0.1) is 0 Å². The van der Waals surface area contributed by atoms with E-state index in [1.807, 2.05) is 30.3 Å². The van der Waals surface area contributed by atoms with Gasteiger partial charge in [-0.15, -0.1) is 11.8 Å². The van der Waals surface area contributed by atoms with Crippen LogP contribution in [-0.2, 0) is 6.42 Å². The highest BCUT2D eigenvalue weighted by molar-refractivity contribution is 7.99. The molecule has 0 saturated heterocycles. The van der Waals surface area contributed by atoms with E-state index in [2.05, 4.69) is 18.3 Å². The summed E-state index contributed by atoms with van der Waals surface area (Å²) >= 11 is 7.99. The number of nitrogens with one attached hydrogen (secondary N) is 1. The van der Waals surface area contributed by atoms with Crippen LogP contribution in [0.3, 0.4) is 0 Å². The van der Waals surface area contributed by atoms with Crippen molar-refractivity contribution in [1.82, 2.24) is 5.32 Å². The zero-order valence-electron chi connectivity index (χ0n) is 11.6. The molecule has 0 aliphatic rings. The molecule has 108 valence electrons. The van der Waals surface area contributed by atoms with Crippen LogP contribution in [0.15, 0.2) is 52.0 Å². The van der Waals surface area contributed by atoms with Crippen molar-refractivity contribution in [2.24, 2.45) is 0 Å². The van der Waals surface area contributed by atoms with E-state index < -0.39 is 0 Å². The molecule has 0 amide bonds. The van der Waals surface area contributed by atoms with Crippen LogP contribution in [-0.4, -0.2) is 18.3 Å². The predicted octanol–water partition coefficient (Wildman–Crippen LogP) is 4.64. The van der Waals surface area contributed by atoms with Crippen LogP contribution in [0.2, 0.25) is 5.02 Å². The first-order valence-electron chi connectivity index (χ1n) is 6.92. The zero-order chi connectivity index (χ0) is 14.2. The minimum atomic E-state index is 0.391. The SMILES string of the molecule is CCCNC(CSc1ccccc1Cl)Cc1ccco1. The summed E-state index contributed by atoms with van der Waals surface area (Å²) in [7, 11) is 0. The molecule has 0 aliphatic heterocycles. The summed E-state index contributed by atoms with van der Waals surface area (Å²) in [6.45, 7) is 3.20. The third-order valence-electron chi connectivity index (χ3n) is 2.99. The maximum absolute atomic E-state index is 6.20. The summed E-state index contributed by atoms with van der Waals surface area (Å²) in [5.74, 6) is 2.00. The van der Waals surface area contributed by atoms with E-state index in [9.17, 15) is 0 Å². The molecular weight excluding hydrogens is 290 g/mol. The van der Waals surface area contributed by atoms with E-state index in [0.717, 1.165) is 40.8 Å². The fourth-order valence-electron chi connectivity index (χ4n) is 1.96. The Morgan fingerprint density at radius 1 is 1.25 bits per heavy atom. The molecule has 1 heterocycles. The van der Waals surface area contributed by atoms with E-state index in [1.54, 1.807) is 18.0 Å². The quantitative estimate of drug-likeness (QED) is 0.719. The smallest absolute Gasteiger partial charge is 0.105 e. The molecule has 1 atom stereocenters. The largest absolute Gasteiger partial charge is 0.469 e. The van der Waals surface area contributed by atoms with Crippen molar-refractivity contribution in [3.63, 3.8) is 0 Å². The van der Waals surface area contributed by atoms with Gasteiger partial charge in [0, 0.05) is 23.1 Å². The van der Waals surface area contributed by atoms with Crippen molar-refractivity contribution in [3.05, 3.63) is 53.4 Å². The number of hydrogen-bond acceptors (Lipinski definition) is 3. The number of rotatable bonds is 8. The van der Waals surface area contributed by atoms with E-state index in [1.165, 1.54) is 0 Å². The molecule has 0 radical (unpaired) electrons. The average molecular weight is 310 g/mol. The molecule has 0 aliphatic carbocycles. The van der Waals surface area contributed by atoms with Crippen LogP contribution >= 0.6 is 23.4 Å². The fourth-order valence-corrected chi connectivity index (χ4v) is 3.26. The Morgan fingerprint density at radius 3 is 2.80 bits per heavy atom. The van der Waals surface area contributed by atoms with Crippen LogP contribution in [0.4, 0.5) is 0 Å². The Labute approximate surface area is 129 Å². The molecule has 2 rings (SSSR count). The summed E-state index contributed by atoms with van der Waals surface area (Å²) in [5, 5.41) is 4.40. The van der Waals surface area contributed by atoms with Gasteiger partial charge in [0.05, 0.1) is 11.3 Å². The van der Waals surface area contributed by atoms with Gasteiger partial charge in [-0.25, -0.2) is 0 Å². The second kappa shape index (κ2) is 8.40. The lowest BCUT2D eigenvalue weighted by molar-refractivity contribution is 0.460. The van der Waals surface area contributed by atoms with Gasteiger partial charge in [0.25, 0.3) is 0 Å². The third kappa shape index (κ3) is 4.89. The van der Waals surface area contributed by atoms with Crippen LogP contribution in [0.5, 0.6) is 0 Å². The van der Waals surface area contributed by atoms with Gasteiger partial charge in [-0.1, -0.05) is 30.7 Å². The highest BCUT2D eigenvalue weighted by Crippen LogP contribution is 2.27. The minimum absolute atomic E-state index is 0.391. The zero-order valence-corrected chi connectivity index (χ0v) is 13.2. The number of furan rings is 1. The highest BCUT2D eigenvalue weighted by atomic mass is 35.5. The Balaban J connectivity index is 1.91. The molecule has 1 N–H and O–H groups in total. The van der Waals surface area contributed by atoms with Crippen LogP contribution in [0.25, 0.3) is 0 Å². The molecule has 1 unspecified atom stereocenters. The first kappa shape index (κ1) is 15.5. The summed E-state index contributed by atoms with van der Waals surface area (Å²) < 4.78 is 5.44. The fraction of sp³-hybridized carbons (Fsp3) is 0.375. The van der Waals surface area contributed by atoms with Gasteiger partial charge in [-0.3, -0.25) is 0 Å². The Bertz CT molecular complexity index is 501. The van der Waals surface area contributed by atoms with Gasteiger partial charge in [-0.2, -0.15) is 0 Å². The van der Waals surface area contributed by atoms with Crippen LogP contribution in [0.1, 0.15) is 19.1 Å². The monoisotopic (exact) mass is 309 g/mol. The van der Waals surface area contributed by atoms with Gasteiger partial charge in [0.15, 0.2) is 0 Å². The predicted molar refractivity (Wildman–Crippen MR) is 86.7 cm³/mol. The van der Waals surface area contributed by atoms with Crippen molar-refractivity contribution >= 4 is 23.4 Å². The maximum atomic E-state index is 6.20. The van der Waals surface area contributed by atoms with E-state index in [4.69, 9.17) is 16.0 Å². The van der Waals surface area contributed by atoms with Gasteiger partial charge in [0.1, 0.15) is 5.76 Å². The van der Waals surface area contributed by atoms with Gasteiger partial charge < -0.3 is 9.73 Å². The Hall–Kier alpha value is -0.900. The van der Waals surface area contributed by atoms with Gasteiger partial charge >= 0.3 is 0 Å². The van der Waals surface area contributed by atoms with Gasteiger partial charge in [-0.05, 0) is 37.2 Å². The molecule has 0 spiro atoms. The number of thioether (sulfide) groups is 1. The third-order valence-corrected chi connectivity index (χ3v) is 4.67. The topological polar surface area (TPSA) is 25.2 Å². The molecule has 4 heteroatoms. The minimum Gasteiger partial charge on any atom is -0.469 e.